The molecule has 5 nitrogen and oxygen atoms in total. The number of nitrogens with zero attached hydrogens (tertiary/aromatic N) is 3. The second-order valence-electron chi connectivity index (χ2n) is 4.52. The van der Waals surface area contributed by atoms with Crippen LogP contribution in [0.15, 0.2) is 16.6 Å². The minimum absolute atomic E-state index is 0.142. The molecule has 1 heterocycles. The lowest BCUT2D eigenvalue weighted by molar-refractivity contribution is 0.386. The van der Waals surface area contributed by atoms with Crippen molar-refractivity contribution in [3.05, 3.63) is 28.0 Å². The number of hydrogen-bond acceptors (Lipinski definition) is 4. The molecule has 0 radical (unpaired) electrons. The van der Waals surface area contributed by atoms with Crippen LogP contribution in [0.5, 0.6) is 0 Å². The molecule has 20 heavy (non-hydrogen) atoms. The Hall–Kier alpha value is -1.17. The van der Waals surface area contributed by atoms with E-state index < -0.39 is 15.8 Å². The Morgan fingerprint density at radius 2 is 1.90 bits per heavy atom. The molecule has 0 N–H and O–H groups in total. The van der Waals surface area contributed by atoms with Crippen molar-refractivity contribution < 1.29 is 12.8 Å². The summed E-state index contributed by atoms with van der Waals surface area (Å²) in [4.78, 5) is 1.78. The van der Waals surface area contributed by atoms with Crippen molar-refractivity contribution in [3.63, 3.8) is 0 Å². The van der Waals surface area contributed by atoms with Crippen LogP contribution in [0.25, 0.3) is 0 Å². The van der Waals surface area contributed by atoms with Crippen molar-refractivity contribution in [1.29, 1.82) is 5.26 Å². The van der Waals surface area contributed by atoms with Gasteiger partial charge in [-0.3, -0.25) is 0 Å². The van der Waals surface area contributed by atoms with Gasteiger partial charge in [-0.15, -0.1) is 0 Å². The first-order chi connectivity index (χ1) is 9.34. The Kier molecular flexibility index (Phi) is 4.32. The maximum atomic E-state index is 14.2. The zero-order valence-corrected chi connectivity index (χ0v) is 13.2. The minimum atomic E-state index is -3.20. The van der Waals surface area contributed by atoms with Gasteiger partial charge in [0.05, 0.1) is 22.0 Å². The van der Waals surface area contributed by atoms with Crippen LogP contribution in [-0.4, -0.2) is 45.2 Å². The lowest BCUT2D eigenvalue weighted by atomic mass is 10.2. The third-order valence-electron chi connectivity index (χ3n) is 3.23. The highest BCUT2D eigenvalue weighted by Crippen LogP contribution is 2.29. The van der Waals surface area contributed by atoms with Crippen LogP contribution in [0.1, 0.15) is 5.56 Å². The summed E-state index contributed by atoms with van der Waals surface area (Å²) < 4.78 is 38.6. The Morgan fingerprint density at radius 1 is 1.30 bits per heavy atom. The van der Waals surface area contributed by atoms with Crippen LogP contribution in [0.4, 0.5) is 10.1 Å². The van der Waals surface area contributed by atoms with E-state index in [0.717, 1.165) is 0 Å². The first-order valence-corrected chi connectivity index (χ1v) is 8.57. The normalized spacial score (nSPS) is 17.0. The number of piperazine rings is 1. The van der Waals surface area contributed by atoms with Crippen LogP contribution < -0.4 is 4.90 Å². The van der Waals surface area contributed by atoms with E-state index in [1.165, 1.54) is 10.6 Å². The van der Waals surface area contributed by atoms with Gasteiger partial charge in [-0.25, -0.2) is 12.8 Å². The fourth-order valence-corrected chi connectivity index (χ4v) is 3.38. The molecule has 0 bridgehead atoms. The van der Waals surface area contributed by atoms with Gasteiger partial charge < -0.3 is 4.90 Å². The zero-order chi connectivity index (χ0) is 14.9. The molecule has 1 aromatic rings. The average Bonchev–Trinajstić information content (AvgIpc) is 2.41. The molecule has 0 spiro atoms. The largest absolute Gasteiger partial charge is 0.366 e. The van der Waals surface area contributed by atoms with Gasteiger partial charge in [0.15, 0.2) is 5.82 Å². The van der Waals surface area contributed by atoms with Gasteiger partial charge in [0.1, 0.15) is 6.07 Å². The average molecular weight is 362 g/mol. The lowest BCUT2D eigenvalue weighted by Gasteiger charge is -2.35. The fraction of sp³-hybridized carbons (Fsp3) is 0.417. The van der Waals surface area contributed by atoms with E-state index in [2.05, 4.69) is 15.9 Å². The molecule has 2 rings (SSSR count). The van der Waals surface area contributed by atoms with Gasteiger partial charge in [-0.1, -0.05) is 0 Å². The molecular weight excluding hydrogens is 349 g/mol. The lowest BCUT2D eigenvalue weighted by Crippen LogP contribution is -2.48. The van der Waals surface area contributed by atoms with Crippen molar-refractivity contribution in [3.8, 4) is 6.07 Å². The monoisotopic (exact) mass is 361 g/mol. The molecule has 1 fully saturated rings. The Bertz CT molecular complexity index is 664. The molecule has 1 aliphatic heterocycles. The van der Waals surface area contributed by atoms with E-state index >= 15 is 0 Å². The van der Waals surface area contributed by atoms with E-state index in [0.29, 0.717) is 31.9 Å². The molecule has 1 aromatic carbocycles. The number of nitriles is 1. The molecule has 8 heteroatoms. The molecule has 0 atom stereocenters. The number of sulfonamides is 1. The highest BCUT2D eigenvalue weighted by atomic mass is 79.9. The van der Waals surface area contributed by atoms with Crippen molar-refractivity contribution >= 4 is 31.6 Å². The van der Waals surface area contributed by atoms with Crippen molar-refractivity contribution in [2.75, 3.05) is 37.3 Å². The zero-order valence-electron chi connectivity index (χ0n) is 10.8. The van der Waals surface area contributed by atoms with Gasteiger partial charge >= 0.3 is 0 Å². The van der Waals surface area contributed by atoms with Gasteiger partial charge in [-0.2, -0.15) is 9.57 Å². The second-order valence-corrected chi connectivity index (χ2v) is 7.30. The number of benzene rings is 1. The van der Waals surface area contributed by atoms with Crippen molar-refractivity contribution in [2.45, 2.75) is 0 Å². The first kappa shape index (κ1) is 15.2. The SMILES string of the molecule is CS(=O)(=O)N1CCN(c2ccc(C#N)c(Br)c2F)CC1. The highest BCUT2D eigenvalue weighted by Gasteiger charge is 2.25. The van der Waals surface area contributed by atoms with Crippen LogP contribution in [0.2, 0.25) is 0 Å². The smallest absolute Gasteiger partial charge is 0.211 e. The summed E-state index contributed by atoms with van der Waals surface area (Å²) in [6, 6.07) is 5.00. The minimum Gasteiger partial charge on any atom is -0.366 e. The predicted octanol–water partition coefficient (Wildman–Crippen LogP) is 1.54. The van der Waals surface area contributed by atoms with Crippen LogP contribution >= 0.6 is 15.9 Å². The molecular formula is C12H13BrFN3O2S. The van der Waals surface area contributed by atoms with Gasteiger partial charge in [-0.05, 0) is 28.1 Å². The summed E-state index contributed by atoms with van der Waals surface area (Å²) in [6.07, 6.45) is 1.17. The first-order valence-electron chi connectivity index (χ1n) is 5.92. The van der Waals surface area contributed by atoms with E-state index in [4.69, 9.17) is 5.26 Å². The summed E-state index contributed by atoms with van der Waals surface area (Å²) in [5, 5.41) is 8.83. The maximum Gasteiger partial charge on any atom is 0.211 e. The third kappa shape index (κ3) is 2.95. The molecule has 1 aliphatic rings. The van der Waals surface area contributed by atoms with E-state index in [-0.39, 0.29) is 10.0 Å². The number of halogens is 2. The highest BCUT2D eigenvalue weighted by molar-refractivity contribution is 9.10. The molecule has 0 aliphatic carbocycles. The maximum absolute atomic E-state index is 14.2. The Morgan fingerprint density at radius 3 is 2.40 bits per heavy atom. The molecule has 0 unspecified atom stereocenters. The molecule has 0 amide bonds. The summed E-state index contributed by atoms with van der Waals surface area (Å²) in [7, 11) is -3.20. The summed E-state index contributed by atoms with van der Waals surface area (Å²) >= 11 is 3.07. The van der Waals surface area contributed by atoms with Crippen LogP contribution in [0.3, 0.4) is 0 Å². The molecule has 0 saturated carbocycles. The number of hydrogen-bond donors (Lipinski definition) is 0. The van der Waals surface area contributed by atoms with Gasteiger partial charge in [0, 0.05) is 26.2 Å². The van der Waals surface area contributed by atoms with E-state index in [1.54, 1.807) is 17.0 Å². The quantitative estimate of drug-likeness (QED) is 0.801. The summed E-state index contributed by atoms with van der Waals surface area (Å²) in [5.41, 5.74) is 0.616. The predicted molar refractivity (Wildman–Crippen MR) is 77.4 cm³/mol. The number of anilines is 1. The van der Waals surface area contributed by atoms with Gasteiger partial charge in [0.2, 0.25) is 10.0 Å². The van der Waals surface area contributed by atoms with Crippen molar-refractivity contribution in [1.82, 2.24) is 4.31 Å². The standard InChI is InChI=1S/C12H13BrFN3O2S/c1-20(18,19)17-6-4-16(5-7-17)10-3-2-9(8-15)11(13)12(10)14/h2-3H,4-7H2,1H3. The molecule has 0 aromatic heterocycles. The van der Waals surface area contributed by atoms with Crippen LogP contribution in [-0.2, 0) is 10.0 Å². The topological polar surface area (TPSA) is 64.4 Å². The number of rotatable bonds is 2. The second kappa shape index (κ2) is 5.68. The fourth-order valence-electron chi connectivity index (χ4n) is 2.13. The summed E-state index contributed by atoms with van der Waals surface area (Å²) in [6.45, 7) is 1.50. The Labute approximate surface area is 125 Å². The van der Waals surface area contributed by atoms with Crippen LogP contribution in [0, 0.1) is 17.1 Å². The van der Waals surface area contributed by atoms with E-state index in [9.17, 15) is 12.8 Å². The Balaban J connectivity index is 2.20. The van der Waals surface area contributed by atoms with E-state index in [1.807, 2.05) is 6.07 Å². The molecule has 1 saturated heterocycles. The third-order valence-corrected chi connectivity index (χ3v) is 5.31. The van der Waals surface area contributed by atoms with Gasteiger partial charge in [0.25, 0.3) is 0 Å². The summed E-state index contributed by atoms with van der Waals surface area (Å²) in [5.74, 6) is -0.489. The molecule has 108 valence electrons. The van der Waals surface area contributed by atoms with Crippen molar-refractivity contribution in [2.24, 2.45) is 0 Å².